The Hall–Kier alpha value is -1.60. The summed E-state index contributed by atoms with van der Waals surface area (Å²) in [6, 6.07) is 6.82. The van der Waals surface area contributed by atoms with Crippen molar-refractivity contribution in [2.45, 2.75) is 25.9 Å². The van der Waals surface area contributed by atoms with E-state index in [2.05, 4.69) is 14.8 Å². The lowest BCUT2D eigenvalue weighted by atomic mass is 10.2. The van der Waals surface area contributed by atoms with Crippen molar-refractivity contribution in [3.8, 4) is 0 Å². The smallest absolute Gasteiger partial charge is 0.301 e. The number of rotatable bonds is 6. The topological polar surface area (TPSA) is 24.3 Å². The summed E-state index contributed by atoms with van der Waals surface area (Å²) in [6.07, 6.45) is 0.552. The maximum absolute atomic E-state index is 13.6. The van der Waals surface area contributed by atoms with Crippen LogP contribution in [0.1, 0.15) is 31.8 Å². The molecule has 0 radical (unpaired) electrons. The first-order valence-electron chi connectivity index (χ1n) is 8.39. The summed E-state index contributed by atoms with van der Waals surface area (Å²) in [5.41, 5.74) is 1.07. The van der Waals surface area contributed by atoms with Gasteiger partial charge in [0.2, 0.25) is 0 Å². The molecule has 1 saturated heterocycles. The molecule has 2 aromatic rings. The van der Waals surface area contributed by atoms with Gasteiger partial charge in [-0.3, -0.25) is 13.9 Å². The average molecular weight is 340 g/mol. The van der Waals surface area contributed by atoms with Crippen molar-refractivity contribution in [2.75, 3.05) is 39.4 Å². The first-order valence-corrected chi connectivity index (χ1v) is 8.39. The number of alkyl halides is 3. The number of fused-ring (bicyclic) bond motifs is 1. The normalized spacial score (nSPS) is 18.5. The van der Waals surface area contributed by atoms with Crippen LogP contribution in [0.25, 0.3) is 11.0 Å². The zero-order valence-corrected chi connectivity index (χ0v) is 13.8. The summed E-state index contributed by atoms with van der Waals surface area (Å²) < 4.78 is 40.5. The van der Waals surface area contributed by atoms with Gasteiger partial charge in [-0.2, -0.15) is 8.78 Å². The van der Waals surface area contributed by atoms with Gasteiger partial charge in [-0.15, -0.1) is 0 Å². The lowest BCUT2D eigenvalue weighted by Gasteiger charge is -2.37. The Kier molecular flexibility index (Phi) is 5.40. The summed E-state index contributed by atoms with van der Waals surface area (Å²) in [5, 5.41) is 0. The highest BCUT2D eigenvalue weighted by molar-refractivity contribution is 5.76. The molecule has 1 fully saturated rings. The Balaban J connectivity index is 1.77. The molecule has 132 valence electrons. The molecule has 7 heteroatoms. The minimum absolute atomic E-state index is 0.185. The molecule has 3 rings (SSSR count). The number of hydrogen-bond acceptors (Lipinski definition) is 3. The molecule has 1 aliphatic rings. The number of piperazine rings is 1. The van der Waals surface area contributed by atoms with E-state index in [1.54, 1.807) is 18.2 Å². The zero-order chi connectivity index (χ0) is 17.1. The van der Waals surface area contributed by atoms with Crippen LogP contribution < -0.4 is 0 Å². The van der Waals surface area contributed by atoms with E-state index in [1.165, 1.54) is 0 Å². The van der Waals surface area contributed by atoms with Crippen LogP contribution in [-0.2, 0) is 0 Å². The molecular weight excluding hydrogens is 317 g/mol. The standard InChI is InChI=1S/C17H23F3N4/c1-13(23-11-9-22(10-12-23)8-4-7-18)16-21-14-5-2-3-6-15(14)24(16)17(19)20/h2-3,5-6,13,17H,4,7-12H2,1H3. The van der Waals surface area contributed by atoms with Gasteiger partial charge in [0, 0.05) is 32.7 Å². The Morgan fingerprint density at radius 1 is 1.12 bits per heavy atom. The van der Waals surface area contributed by atoms with Gasteiger partial charge in [0.15, 0.2) is 0 Å². The zero-order valence-electron chi connectivity index (χ0n) is 13.8. The Morgan fingerprint density at radius 3 is 2.50 bits per heavy atom. The van der Waals surface area contributed by atoms with E-state index in [1.807, 2.05) is 13.0 Å². The first kappa shape index (κ1) is 17.2. The molecule has 1 aromatic heterocycles. The highest BCUT2D eigenvalue weighted by atomic mass is 19.3. The molecule has 0 saturated carbocycles. The van der Waals surface area contributed by atoms with Crippen LogP contribution in [0.5, 0.6) is 0 Å². The third kappa shape index (κ3) is 3.42. The van der Waals surface area contributed by atoms with Crippen molar-refractivity contribution in [1.29, 1.82) is 0 Å². The van der Waals surface area contributed by atoms with Gasteiger partial charge in [0.1, 0.15) is 5.82 Å². The average Bonchev–Trinajstić information content (AvgIpc) is 2.99. The number of benzene rings is 1. The molecule has 0 spiro atoms. The second kappa shape index (κ2) is 7.53. The molecule has 0 bridgehead atoms. The van der Waals surface area contributed by atoms with Crippen molar-refractivity contribution in [2.24, 2.45) is 0 Å². The second-order valence-electron chi connectivity index (χ2n) is 6.20. The van der Waals surface area contributed by atoms with Gasteiger partial charge in [-0.1, -0.05) is 12.1 Å². The summed E-state index contributed by atoms with van der Waals surface area (Å²) in [4.78, 5) is 8.85. The fraction of sp³-hybridized carbons (Fsp3) is 0.588. The molecule has 0 N–H and O–H groups in total. The monoisotopic (exact) mass is 340 g/mol. The van der Waals surface area contributed by atoms with Gasteiger partial charge < -0.3 is 4.90 Å². The fourth-order valence-corrected chi connectivity index (χ4v) is 3.38. The minimum atomic E-state index is -2.61. The van der Waals surface area contributed by atoms with Crippen molar-refractivity contribution in [1.82, 2.24) is 19.4 Å². The van der Waals surface area contributed by atoms with Crippen LogP contribution in [0.2, 0.25) is 0 Å². The molecule has 24 heavy (non-hydrogen) atoms. The van der Waals surface area contributed by atoms with E-state index in [0.29, 0.717) is 23.3 Å². The summed E-state index contributed by atoms with van der Waals surface area (Å²) >= 11 is 0. The van der Waals surface area contributed by atoms with Crippen LogP contribution in [0.4, 0.5) is 13.2 Å². The lowest BCUT2D eigenvalue weighted by molar-refractivity contribution is 0.0564. The third-order valence-corrected chi connectivity index (χ3v) is 4.75. The van der Waals surface area contributed by atoms with Crippen LogP contribution in [-0.4, -0.2) is 58.7 Å². The van der Waals surface area contributed by atoms with E-state index in [4.69, 9.17) is 0 Å². The summed E-state index contributed by atoms with van der Waals surface area (Å²) in [7, 11) is 0. The second-order valence-corrected chi connectivity index (χ2v) is 6.20. The number of para-hydroxylation sites is 2. The predicted molar refractivity (Wildman–Crippen MR) is 88.0 cm³/mol. The molecule has 2 heterocycles. The number of halogens is 3. The lowest BCUT2D eigenvalue weighted by Crippen LogP contribution is -2.47. The van der Waals surface area contributed by atoms with Gasteiger partial charge in [0.05, 0.1) is 23.7 Å². The Bertz CT molecular complexity index is 665. The van der Waals surface area contributed by atoms with E-state index in [9.17, 15) is 13.2 Å². The van der Waals surface area contributed by atoms with Crippen LogP contribution in [0.15, 0.2) is 24.3 Å². The summed E-state index contributed by atoms with van der Waals surface area (Å²) in [6.45, 7) is 3.00. The first-order chi connectivity index (χ1) is 11.6. The third-order valence-electron chi connectivity index (χ3n) is 4.75. The highest BCUT2D eigenvalue weighted by Crippen LogP contribution is 2.29. The molecule has 1 atom stereocenters. The Labute approximate surface area is 139 Å². The largest absolute Gasteiger partial charge is 0.320 e. The van der Waals surface area contributed by atoms with Crippen molar-refractivity contribution < 1.29 is 13.2 Å². The van der Waals surface area contributed by atoms with E-state index in [0.717, 1.165) is 37.3 Å². The minimum Gasteiger partial charge on any atom is -0.301 e. The van der Waals surface area contributed by atoms with E-state index < -0.39 is 6.55 Å². The maximum Gasteiger partial charge on any atom is 0.320 e. The summed E-state index contributed by atoms with van der Waals surface area (Å²) in [5.74, 6) is 0.406. The quantitative estimate of drug-likeness (QED) is 0.805. The van der Waals surface area contributed by atoms with Crippen LogP contribution in [0.3, 0.4) is 0 Å². The van der Waals surface area contributed by atoms with Gasteiger partial charge >= 0.3 is 6.55 Å². The maximum atomic E-state index is 13.6. The van der Waals surface area contributed by atoms with Crippen molar-refractivity contribution >= 4 is 11.0 Å². The molecule has 4 nitrogen and oxygen atoms in total. The highest BCUT2D eigenvalue weighted by Gasteiger charge is 2.28. The van der Waals surface area contributed by atoms with Crippen LogP contribution in [0, 0.1) is 0 Å². The van der Waals surface area contributed by atoms with E-state index >= 15 is 0 Å². The molecule has 0 aliphatic carbocycles. The molecular formula is C17H23F3N4. The van der Waals surface area contributed by atoms with Gasteiger partial charge in [0.25, 0.3) is 0 Å². The van der Waals surface area contributed by atoms with Crippen molar-refractivity contribution in [3.05, 3.63) is 30.1 Å². The van der Waals surface area contributed by atoms with Crippen molar-refractivity contribution in [3.63, 3.8) is 0 Å². The fourth-order valence-electron chi connectivity index (χ4n) is 3.38. The number of imidazole rings is 1. The predicted octanol–water partition coefficient (Wildman–Crippen LogP) is 3.47. The van der Waals surface area contributed by atoms with Gasteiger partial charge in [-0.25, -0.2) is 4.98 Å². The number of aromatic nitrogens is 2. The molecule has 1 aliphatic heterocycles. The number of hydrogen-bond donors (Lipinski definition) is 0. The van der Waals surface area contributed by atoms with Crippen LogP contribution >= 0.6 is 0 Å². The van der Waals surface area contributed by atoms with Gasteiger partial charge in [-0.05, 0) is 25.5 Å². The SMILES string of the molecule is CC(c1nc2ccccc2n1C(F)F)N1CCN(CCCF)CC1. The molecule has 1 unspecified atom stereocenters. The molecule has 1 aromatic carbocycles. The molecule has 0 amide bonds. The van der Waals surface area contributed by atoms with E-state index in [-0.39, 0.29) is 12.7 Å². The number of nitrogens with zero attached hydrogens (tertiary/aromatic N) is 4. The Morgan fingerprint density at radius 2 is 1.83 bits per heavy atom.